The monoisotopic (exact) mass is 167 g/mol. The van der Waals surface area contributed by atoms with E-state index in [9.17, 15) is 0 Å². The Balaban J connectivity index is 2.71. The lowest BCUT2D eigenvalue weighted by Gasteiger charge is -2.04. The molecule has 1 atom stereocenters. The number of benzene rings is 1. The highest BCUT2D eigenvalue weighted by Crippen LogP contribution is 2.06. The van der Waals surface area contributed by atoms with Crippen LogP contribution in [0.3, 0.4) is 0 Å². The molecule has 0 aromatic heterocycles. The fraction of sp³-hybridized carbons (Fsp3) is 0.333. The van der Waals surface area contributed by atoms with Crippen molar-refractivity contribution in [2.75, 3.05) is 0 Å². The molecule has 2 N–H and O–H groups in total. The van der Waals surface area contributed by atoms with Crippen molar-refractivity contribution in [3.63, 3.8) is 0 Å². The summed E-state index contributed by atoms with van der Waals surface area (Å²) >= 11 is 4.12. The van der Waals surface area contributed by atoms with E-state index in [1.54, 1.807) is 0 Å². The average molecular weight is 167 g/mol. The third-order valence-electron chi connectivity index (χ3n) is 1.53. The van der Waals surface area contributed by atoms with Gasteiger partial charge in [-0.1, -0.05) is 29.8 Å². The Hall–Kier alpha value is -0.470. The standard InChI is InChI=1S/C9H13NS/c1-7-3-2-4-8(5-7)6-9(10)11/h2-5,9,11H,6,10H2,1H3. The van der Waals surface area contributed by atoms with Crippen molar-refractivity contribution in [3.05, 3.63) is 35.4 Å². The lowest BCUT2D eigenvalue weighted by Crippen LogP contribution is -2.14. The van der Waals surface area contributed by atoms with Gasteiger partial charge in [-0.15, -0.1) is 0 Å². The summed E-state index contributed by atoms with van der Waals surface area (Å²) in [4.78, 5) is 0. The summed E-state index contributed by atoms with van der Waals surface area (Å²) in [5.74, 6) is 0. The van der Waals surface area contributed by atoms with E-state index in [-0.39, 0.29) is 5.37 Å². The normalized spacial score (nSPS) is 13.0. The van der Waals surface area contributed by atoms with E-state index in [4.69, 9.17) is 5.73 Å². The molecule has 0 aliphatic heterocycles. The van der Waals surface area contributed by atoms with Crippen LogP contribution in [0.15, 0.2) is 24.3 Å². The predicted molar refractivity (Wildman–Crippen MR) is 51.8 cm³/mol. The summed E-state index contributed by atoms with van der Waals surface area (Å²) < 4.78 is 0. The molecule has 0 fully saturated rings. The van der Waals surface area contributed by atoms with Gasteiger partial charge in [0.05, 0.1) is 5.37 Å². The van der Waals surface area contributed by atoms with Gasteiger partial charge < -0.3 is 5.73 Å². The van der Waals surface area contributed by atoms with Crippen LogP contribution >= 0.6 is 12.6 Å². The van der Waals surface area contributed by atoms with Gasteiger partial charge in [0.2, 0.25) is 0 Å². The summed E-state index contributed by atoms with van der Waals surface area (Å²) in [6, 6.07) is 8.33. The molecule has 0 heterocycles. The zero-order valence-corrected chi connectivity index (χ0v) is 7.51. The maximum absolute atomic E-state index is 5.54. The summed E-state index contributed by atoms with van der Waals surface area (Å²) in [7, 11) is 0. The minimum atomic E-state index is -0.0446. The third-order valence-corrected chi connectivity index (χ3v) is 1.71. The molecule has 0 aliphatic rings. The molecule has 0 saturated carbocycles. The van der Waals surface area contributed by atoms with Crippen LogP contribution in [0.4, 0.5) is 0 Å². The minimum Gasteiger partial charge on any atom is -0.319 e. The second-order valence-electron chi connectivity index (χ2n) is 2.76. The first-order valence-electron chi connectivity index (χ1n) is 3.67. The lowest BCUT2D eigenvalue weighted by atomic mass is 10.1. The highest BCUT2D eigenvalue weighted by Gasteiger charge is 1.97. The molecule has 0 saturated heterocycles. The number of hydrogen-bond donors (Lipinski definition) is 2. The third kappa shape index (κ3) is 2.95. The molecule has 0 spiro atoms. The van der Waals surface area contributed by atoms with E-state index in [0.717, 1.165) is 6.42 Å². The molecule has 2 heteroatoms. The van der Waals surface area contributed by atoms with Gasteiger partial charge in [-0.3, -0.25) is 0 Å². The van der Waals surface area contributed by atoms with Crippen LogP contribution in [-0.4, -0.2) is 5.37 Å². The number of hydrogen-bond acceptors (Lipinski definition) is 2. The molecule has 0 amide bonds. The highest BCUT2D eigenvalue weighted by molar-refractivity contribution is 7.80. The largest absolute Gasteiger partial charge is 0.319 e. The van der Waals surface area contributed by atoms with Crippen molar-refractivity contribution in [1.29, 1.82) is 0 Å². The topological polar surface area (TPSA) is 26.0 Å². The van der Waals surface area contributed by atoms with Crippen molar-refractivity contribution in [3.8, 4) is 0 Å². The van der Waals surface area contributed by atoms with E-state index in [0.29, 0.717) is 0 Å². The van der Waals surface area contributed by atoms with Gasteiger partial charge in [0.1, 0.15) is 0 Å². The molecule has 60 valence electrons. The van der Waals surface area contributed by atoms with Gasteiger partial charge >= 0.3 is 0 Å². The van der Waals surface area contributed by atoms with E-state index >= 15 is 0 Å². The minimum absolute atomic E-state index is 0.0446. The zero-order valence-electron chi connectivity index (χ0n) is 6.62. The van der Waals surface area contributed by atoms with E-state index < -0.39 is 0 Å². The summed E-state index contributed by atoms with van der Waals surface area (Å²) in [5.41, 5.74) is 8.07. The van der Waals surface area contributed by atoms with Crippen LogP contribution in [0.1, 0.15) is 11.1 Å². The van der Waals surface area contributed by atoms with Gasteiger partial charge in [-0.2, -0.15) is 12.6 Å². The Morgan fingerprint density at radius 2 is 2.27 bits per heavy atom. The van der Waals surface area contributed by atoms with Gasteiger partial charge in [-0.25, -0.2) is 0 Å². The van der Waals surface area contributed by atoms with Crippen molar-refractivity contribution in [1.82, 2.24) is 0 Å². The predicted octanol–water partition coefficient (Wildman–Crippen LogP) is 1.75. The molecule has 1 aromatic rings. The number of rotatable bonds is 2. The van der Waals surface area contributed by atoms with E-state index in [1.165, 1.54) is 11.1 Å². The smallest absolute Gasteiger partial charge is 0.0518 e. The first-order chi connectivity index (χ1) is 5.18. The van der Waals surface area contributed by atoms with E-state index in [2.05, 4.69) is 37.8 Å². The maximum atomic E-state index is 5.54. The molecule has 1 aromatic carbocycles. The molecule has 0 aliphatic carbocycles. The van der Waals surface area contributed by atoms with Crippen molar-refractivity contribution in [2.24, 2.45) is 5.73 Å². The summed E-state index contributed by atoms with van der Waals surface area (Å²) in [6.07, 6.45) is 0.838. The first kappa shape index (κ1) is 8.62. The molecular weight excluding hydrogens is 154 g/mol. The highest BCUT2D eigenvalue weighted by atomic mass is 32.1. The Labute approximate surface area is 73.0 Å². The summed E-state index contributed by atoms with van der Waals surface area (Å²) in [5, 5.41) is -0.0446. The number of nitrogens with two attached hydrogens (primary N) is 1. The SMILES string of the molecule is Cc1cccc(CC(N)S)c1. The van der Waals surface area contributed by atoms with Crippen LogP contribution in [0.2, 0.25) is 0 Å². The molecule has 0 radical (unpaired) electrons. The summed E-state index contributed by atoms with van der Waals surface area (Å²) in [6.45, 7) is 2.08. The van der Waals surface area contributed by atoms with Gasteiger partial charge in [0.15, 0.2) is 0 Å². The van der Waals surface area contributed by atoms with E-state index in [1.807, 2.05) is 6.07 Å². The first-order valence-corrected chi connectivity index (χ1v) is 4.19. The Kier molecular flexibility index (Phi) is 2.97. The lowest BCUT2D eigenvalue weighted by molar-refractivity contribution is 0.908. The number of thiol groups is 1. The second kappa shape index (κ2) is 3.79. The fourth-order valence-corrected chi connectivity index (χ4v) is 1.29. The Bertz CT molecular complexity index is 233. The van der Waals surface area contributed by atoms with Crippen LogP contribution in [0.25, 0.3) is 0 Å². The van der Waals surface area contributed by atoms with Crippen LogP contribution in [0.5, 0.6) is 0 Å². The van der Waals surface area contributed by atoms with Gasteiger partial charge in [0, 0.05) is 0 Å². The van der Waals surface area contributed by atoms with Crippen LogP contribution in [-0.2, 0) is 6.42 Å². The van der Waals surface area contributed by atoms with Crippen molar-refractivity contribution >= 4 is 12.6 Å². The van der Waals surface area contributed by atoms with Crippen LogP contribution in [0, 0.1) is 6.92 Å². The maximum Gasteiger partial charge on any atom is 0.0518 e. The molecule has 1 rings (SSSR count). The number of aryl methyl sites for hydroxylation is 1. The zero-order chi connectivity index (χ0) is 8.27. The second-order valence-corrected chi connectivity index (χ2v) is 3.42. The van der Waals surface area contributed by atoms with Gasteiger partial charge in [-0.05, 0) is 18.9 Å². The molecule has 0 bridgehead atoms. The molecular formula is C9H13NS. The van der Waals surface area contributed by atoms with Crippen molar-refractivity contribution < 1.29 is 0 Å². The fourth-order valence-electron chi connectivity index (χ4n) is 1.08. The van der Waals surface area contributed by atoms with Crippen LogP contribution < -0.4 is 5.73 Å². The quantitative estimate of drug-likeness (QED) is 0.509. The molecule has 11 heavy (non-hydrogen) atoms. The Morgan fingerprint density at radius 1 is 1.55 bits per heavy atom. The average Bonchev–Trinajstić information content (AvgIpc) is 1.85. The molecule has 1 nitrogen and oxygen atoms in total. The van der Waals surface area contributed by atoms with Gasteiger partial charge in [0.25, 0.3) is 0 Å². The molecule has 1 unspecified atom stereocenters. The van der Waals surface area contributed by atoms with Crippen molar-refractivity contribution in [2.45, 2.75) is 18.7 Å². The Morgan fingerprint density at radius 3 is 2.82 bits per heavy atom.